The molecule has 5 rings (SSSR count). The Kier molecular flexibility index (Phi) is 8.18. The zero-order valence-electron chi connectivity index (χ0n) is 23.5. The first-order chi connectivity index (χ1) is 18.7. The lowest BCUT2D eigenvalue weighted by Crippen LogP contribution is -2.57. The highest BCUT2D eigenvalue weighted by Gasteiger charge is 2.59. The summed E-state index contributed by atoms with van der Waals surface area (Å²) in [6.45, 7) is 4.63. The van der Waals surface area contributed by atoms with E-state index in [2.05, 4.69) is 12.2 Å². The molecule has 3 aliphatic carbocycles. The number of anilines is 1. The van der Waals surface area contributed by atoms with E-state index < -0.39 is 11.5 Å². The van der Waals surface area contributed by atoms with E-state index in [-0.39, 0.29) is 41.6 Å². The molecule has 3 aliphatic rings. The van der Waals surface area contributed by atoms with Gasteiger partial charge in [0.1, 0.15) is 0 Å². The molecule has 5 atom stereocenters. The van der Waals surface area contributed by atoms with Crippen LogP contribution in [0.4, 0.5) is 5.13 Å². The molecule has 0 bridgehead atoms. The first-order valence-corrected chi connectivity index (χ1v) is 15.3. The first kappa shape index (κ1) is 28.2. The third-order valence-electron chi connectivity index (χ3n) is 10.2. The summed E-state index contributed by atoms with van der Waals surface area (Å²) in [5.74, 6) is -0.0288. The Morgan fingerprint density at radius 2 is 1.85 bits per heavy atom. The number of rotatable bonds is 7. The predicted molar refractivity (Wildman–Crippen MR) is 153 cm³/mol. The predicted octanol–water partition coefficient (Wildman–Crippen LogP) is 5.13. The van der Waals surface area contributed by atoms with Crippen LogP contribution in [0, 0.1) is 22.7 Å². The quantitative estimate of drug-likeness (QED) is 0.441. The van der Waals surface area contributed by atoms with Crippen LogP contribution in [0.3, 0.4) is 0 Å². The van der Waals surface area contributed by atoms with Crippen LogP contribution in [0.25, 0.3) is 0 Å². The summed E-state index contributed by atoms with van der Waals surface area (Å²) in [5.41, 5.74) is 1.01. The summed E-state index contributed by atoms with van der Waals surface area (Å²) < 4.78 is 0. The lowest BCUT2D eigenvalue weighted by atomic mass is 9.47. The number of fused-ring (bicyclic) bond motifs is 2. The lowest BCUT2D eigenvalue weighted by molar-refractivity contribution is -0.147. The molecule has 2 saturated carbocycles. The van der Waals surface area contributed by atoms with Crippen molar-refractivity contribution in [3.8, 4) is 0 Å². The molecule has 0 radical (unpaired) electrons. The van der Waals surface area contributed by atoms with Crippen molar-refractivity contribution in [3.63, 3.8) is 0 Å². The highest BCUT2D eigenvalue weighted by Crippen LogP contribution is 2.63. The van der Waals surface area contributed by atoms with E-state index in [9.17, 15) is 19.8 Å². The maximum absolute atomic E-state index is 13.7. The minimum Gasteiger partial charge on any atom is -0.396 e. The fraction of sp³-hybridized carbons (Fsp3) is 0.645. The maximum Gasteiger partial charge on any atom is 0.229 e. The van der Waals surface area contributed by atoms with E-state index in [1.54, 1.807) is 4.90 Å². The van der Waals surface area contributed by atoms with Crippen molar-refractivity contribution in [1.29, 1.82) is 0 Å². The van der Waals surface area contributed by atoms with E-state index in [0.717, 1.165) is 48.2 Å². The number of carbonyl (C=O) groups excluding carboxylic acids is 2. The lowest BCUT2D eigenvalue weighted by Gasteiger charge is -2.58. The fourth-order valence-corrected chi connectivity index (χ4v) is 8.62. The second kappa shape index (κ2) is 11.3. The van der Waals surface area contributed by atoms with Crippen molar-refractivity contribution in [2.75, 3.05) is 19.0 Å². The number of thiazole rings is 1. The average molecular weight is 554 g/mol. The van der Waals surface area contributed by atoms with Gasteiger partial charge >= 0.3 is 0 Å². The first-order valence-electron chi connectivity index (χ1n) is 14.5. The number of aromatic nitrogens is 1. The molecular formula is C31H43N3O4S. The summed E-state index contributed by atoms with van der Waals surface area (Å²) in [5, 5.41) is 25.2. The molecule has 8 heteroatoms. The molecule has 3 N–H and O–H groups in total. The summed E-state index contributed by atoms with van der Waals surface area (Å²) in [4.78, 5) is 34.5. The monoisotopic (exact) mass is 553 g/mol. The van der Waals surface area contributed by atoms with Gasteiger partial charge in [-0.2, -0.15) is 0 Å². The smallest absolute Gasteiger partial charge is 0.229 e. The van der Waals surface area contributed by atoms with Crippen LogP contribution in [0.5, 0.6) is 0 Å². The van der Waals surface area contributed by atoms with Gasteiger partial charge in [0.2, 0.25) is 11.8 Å². The molecule has 212 valence electrons. The third-order valence-corrected chi connectivity index (χ3v) is 11.2. The summed E-state index contributed by atoms with van der Waals surface area (Å²) in [6, 6.07) is 9.98. The van der Waals surface area contributed by atoms with E-state index in [4.69, 9.17) is 4.98 Å². The van der Waals surface area contributed by atoms with Crippen molar-refractivity contribution >= 4 is 28.3 Å². The fourth-order valence-electron chi connectivity index (χ4n) is 7.55. The molecule has 5 unspecified atom stereocenters. The normalized spacial score (nSPS) is 30.7. The third kappa shape index (κ3) is 5.40. The zero-order valence-corrected chi connectivity index (χ0v) is 24.3. The van der Waals surface area contributed by atoms with E-state index in [0.29, 0.717) is 30.9 Å². The molecule has 0 saturated heterocycles. The Balaban J connectivity index is 1.45. The summed E-state index contributed by atoms with van der Waals surface area (Å²) >= 11 is 1.51. The SMILES string of the molecule is CN(Cc1ccccc1)C(=O)CC1c2nc(NC(=O)C3CCCCC3)sc2CC2C(C)(CO)C(O)CCC12C. The molecule has 0 spiro atoms. The van der Waals surface area contributed by atoms with Crippen LogP contribution in [-0.4, -0.2) is 51.7 Å². The molecule has 39 heavy (non-hydrogen) atoms. The van der Waals surface area contributed by atoms with Gasteiger partial charge in [0, 0.05) is 42.1 Å². The number of nitrogens with one attached hydrogen (secondary N) is 1. The summed E-state index contributed by atoms with van der Waals surface area (Å²) in [7, 11) is 1.85. The van der Waals surface area contributed by atoms with Gasteiger partial charge in [-0.25, -0.2) is 4.98 Å². The van der Waals surface area contributed by atoms with Gasteiger partial charge in [0.05, 0.1) is 18.4 Å². The van der Waals surface area contributed by atoms with Gasteiger partial charge in [0.25, 0.3) is 0 Å². The van der Waals surface area contributed by atoms with Crippen molar-refractivity contribution < 1.29 is 19.8 Å². The van der Waals surface area contributed by atoms with Crippen molar-refractivity contribution in [2.45, 2.75) is 90.2 Å². The number of nitrogens with zero attached hydrogens (tertiary/aromatic N) is 2. The number of benzene rings is 1. The van der Waals surface area contributed by atoms with Gasteiger partial charge in [-0.1, -0.05) is 63.4 Å². The Bertz CT molecular complexity index is 1180. The average Bonchev–Trinajstić information content (AvgIpc) is 3.35. The number of aliphatic hydroxyl groups is 2. The molecule has 2 aromatic rings. The number of hydrogen-bond acceptors (Lipinski definition) is 6. The highest BCUT2D eigenvalue weighted by molar-refractivity contribution is 7.15. The zero-order chi connectivity index (χ0) is 27.8. The largest absolute Gasteiger partial charge is 0.396 e. The van der Waals surface area contributed by atoms with Crippen LogP contribution < -0.4 is 5.32 Å². The second-order valence-electron chi connectivity index (χ2n) is 12.6. The molecule has 1 heterocycles. The number of hydrogen-bond donors (Lipinski definition) is 3. The van der Waals surface area contributed by atoms with Crippen molar-refractivity contribution in [2.24, 2.45) is 22.7 Å². The number of carbonyl (C=O) groups is 2. The number of amides is 2. The topological polar surface area (TPSA) is 103 Å². The summed E-state index contributed by atoms with van der Waals surface area (Å²) in [6.07, 6.45) is 6.96. The highest BCUT2D eigenvalue weighted by atomic mass is 32.1. The van der Waals surface area contributed by atoms with Gasteiger partial charge < -0.3 is 20.4 Å². The second-order valence-corrected chi connectivity index (χ2v) is 13.7. The Labute approximate surface area is 236 Å². The van der Waals surface area contributed by atoms with E-state index in [1.165, 1.54) is 17.8 Å². The van der Waals surface area contributed by atoms with Crippen LogP contribution >= 0.6 is 11.3 Å². The van der Waals surface area contributed by atoms with E-state index in [1.807, 2.05) is 44.3 Å². The molecular weight excluding hydrogens is 510 g/mol. The minimum atomic E-state index is -0.669. The molecule has 1 aromatic heterocycles. The van der Waals surface area contributed by atoms with Crippen LogP contribution in [0.15, 0.2) is 30.3 Å². The Morgan fingerprint density at radius 3 is 2.54 bits per heavy atom. The maximum atomic E-state index is 13.7. The Morgan fingerprint density at radius 1 is 1.13 bits per heavy atom. The van der Waals surface area contributed by atoms with Gasteiger partial charge in [-0.05, 0) is 49.0 Å². The van der Waals surface area contributed by atoms with Crippen molar-refractivity contribution in [3.05, 3.63) is 46.5 Å². The van der Waals surface area contributed by atoms with Gasteiger partial charge in [-0.3, -0.25) is 9.59 Å². The number of aliphatic hydroxyl groups excluding tert-OH is 2. The molecule has 2 amide bonds. The standard InChI is InChI=1S/C31H43N3O4S/c1-30-15-14-25(36)31(2,19-35)24(30)17-23-27(32-29(39-23)33-28(38)21-12-8-5-9-13-21)22(30)16-26(37)34(3)18-20-10-6-4-7-11-20/h4,6-7,10-11,21-22,24-25,35-36H,5,8-9,12-19H2,1-3H3,(H,32,33,38). The van der Waals surface area contributed by atoms with Crippen molar-refractivity contribution in [1.82, 2.24) is 9.88 Å². The van der Waals surface area contributed by atoms with E-state index >= 15 is 0 Å². The van der Waals surface area contributed by atoms with Crippen LogP contribution in [0.1, 0.15) is 87.3 Å². The Hall–Kier alpha value is -2.29. The molecule has 0 aliphatic heterocycles. The van der Waals surface area contributed by atoms with Gasteiger partial charge in [0.15, 0.2) is 5.13 Å². The minimum absolute atomic E-state index is 0.00849. The van der Waals surface area contributed by atoms with Gasteiger partial charge in [-0.15, -0.1) is 11.3 Å². The molecule has 2 fully saturated rings. The molecule has 7 nitrogen and oxygen atoms in total. The van der Waals surface area contributed by atoms with Crippen LogP contribution in [0.2, 0.25) is 0 Å². The molecule has 1 aromatic carbocycles. The van der Waals surface area contributed by atoms with Crippen LogP contribution in [-0.2, 0) is 22.6 Å².